The molecule has 0 aliphatic carbocycles. The maximum absolute atomic E-state index is 10.5. The lowest BCUT2D eigenvalue weighted by molar-refractivity contribution is 0.0380. The van der Waals surface area contributed by atoms with Gasteiger partial charge in [-0.05, 0) is 25.1 Å². The highest BCUT2D eigenvalue weighted by Crippen LogP contribution is 2.20. The molecule has 2 aromatic heterocycles. The smallest absolute Gasteiger partial charge is 0.213 e. The van der Waals surface area contributed by atoms with Gasteiger partial charge in [0, 0.05) is 32.3 Å². The van der Waals surface area contributed by atoms with Gasteiger partial charge in [-0.1, -0.05) is 6.07 Å². The Bertz CT molecular complexity index is 692. The molecule has 0 bridgehead atoms. The third kappa shape index (κ3) is 5.10. The topological polar surface area (TPSA) is 83.1 Å². The van der Waals surface area contributed by atoms with E-state index in [1.54, 1.807) is 38.6 Å². The van der Waals surface area contributed by atoms with E-state index in [1.807, 2.05) is 18.2 Å². The minimum absolute atomic E-state index is 0. The van der Waals surface area contributed by atoms with E-state index in [-0.39, 0.29) is 30.1 Å². The molecular formula is C18H25IN4O3. The van der Waals surface area contributed by atoms with Crippen molar-refractivity contribution in [3.05, 3.63) is 48.6 Å². The molecule has 2 N–H and O–H groups in total. The molecule has 8 heteroatoms. The second-order valence-corrected chi connectivity index (χ2v) is 6.29. The summed E-state index contributed by atoms with van der Waals surface area (Å²) in [6.45, 7) is 3.57. The molecule has 1 saturated heterocycles. The quantitative estimate of drug-likeness (QED) is 0.395. The lowest BCUT2D eigenvalue weighted by Crippen LogP contribution is -2.46. The van der Waals surface area contributed by atoms with E-state index < -0.39 is 5.60 Å². The standard InChI is InChI=1S/C18H24N4O3.HI/c1-18(23,15-6-5-11-24-15)13-21-17(19-2)22-10-8-14(12-22)25-16-7-3-4-9-20-16;/h3-7,9,11,14,23H,8,10,12-13H2,1-2H3,(H,19,21);1H. The van der Waals surface area contributed by atoms with Crippen LogP contribution in [0.2, 0.25) is 0 Å². The van der Waals surface area contributed by atoms with Gasteiger partial charge >= 0.3 is 0 Å². The van der Waals surface area contributed by atoms with Gasteiger partial charge in [-0.15, -0.1) is 24.0 Å². The molecule has 2 aromatic rings. The Morgan fingerprint density at radius 2 is 2.31 bits per heavy atom. The van der Waals surface area contributed by atoms with Crippen LogP contribution < -0.4 is 10.1 Å². The first-order chi connectivity index (χ1) is 12.1. The second kappa shape index (κ2) is 9.22. The lowest BCUT2D eigenvalue weighted by atomic mass is 10.0. The number of halogens is 1. The van der Waals surface area contributed by atoms with E-state index in [4.69, 9.17) is 9.15 Å². The van der Waals surface area contributed by atoms with E-state index in [0.29, 0.717) is 18.2 Å². The zero-order chi connectivity index (χ0) is 17.7. The van der Waals surface area contributed by atoms with Crippen molar-refractivity contribution in [2.24, 2.45) is 4.99 Å². The number of nitrogens with one attached hydrogen (secondary N) is 1. The predicted octanol–water partition coefficient (Wildman–Crippen LogP) is 2.23. The van der Waals surface area contributed by atoms with Gasteiger partial charge in [0.05, 0.1) is 19.4 Å². The zero-order valence-corrected chi connectivity index (χ0v) is 17.3. The number of hydrogen-bond donors (Lipinski definition) is 2. The van der Waals surface area contributed by atoms with E-state index >= 15 is 0 Å². The van der Waals surface area contributed by atoms with Crippen LogP contribution in [0.25, 0.3) is 0 Å². The van der Waals surface area contributed by atoms with Gasteiger partial charge in [0.25, 0.3) is 0 Å². The number of nitrogens with zero attached hydrogens (tertiary/aromatic N) is 3. The number of guanidine groups is 1. The summed E-state index contributed by atoms with van der Waals surface area (Å²) in [6.07, 6.45) is 4.24. The summed E-state index contributed by atoms with van der Waals surface area (Å²) < 4.78 is 11.2. The van der Waals surface area contributed by atoms with Crippen LogP contribution in [-0.4, -0.2) is 53.7 Å². The van der Waals surface area contributed by atoms with Crippen LogP contribution in [0.5, 0.6) is 5.88 Å². The van der Waals surface area contributed by atoms with Crippen molar-refractivity contribution in [1.82, 2.24) is 15.2 Å². The van der Waals surface area contributed by atoms with E-state index in [2.05, 4.69) is 20.2 Å². The number of rotatable bonds is 5. The van der Waals surface area contributed by atoms with Crippen LogP contribution in [0, 0.1) is 0 Å². The van der Waals surface area contributed by atoms with Gasteiger partial charge in [0.15, 0.2) is 5.96 Å². The molecule has 7 nitrogen and oxygen atoms in total. The zero-order valence-electron chi connectivity index (χ0n) is 15.0. The Morgan fingerprint density at radius 1 is 1.46 bits per heavy atom. The van der Waals surface area contributed by atoms with Gasteiger partial charge in [0.1, 0.15) is 17.5 Å². The summed E-state index contributed by atoms with van der Waals surface area (Å²) in [4.78, 5) is 10.6. The van der Waals surface area contributed by atoms with Crippen LogP contribution in [0.4, 0.5) is 0 Å². The fraction of sp³-hybridized carbons (Fsp3) is 0.444. The minimum atomic E-state index is -1.11. The molecule has 142 valence electrons. The van der Waals surface area contributed by atoms with Crippen molar-refractivity contribution in [1.29, 1.82) is 0 Å². The maximum atomic E-state index is 10.5. The van der Waals surface area contributed by atoms with Crippen LogP contribution in [0.15, 0.2) is 52.2 Å². The van der Waals surface area contributed by atoms with Crippen LogP contribution in [-0.2, 0) is 5.60 Å². The normalized spacial score (nSPS) is 19.6. The molecule has 2 atom stereocenters. The molecule has 3 rings (SSSR count). The van der Waals surface area contributed by atoms with Gasteiger partial charge in [-0.2, -0.15) is 0 Å². The number of pyridine rings is 1. The first-order valence-electron chi connectivity index (χ1n) is 8.38. The van der Waals surface area contributed by atoms with Gasteiger partial charge in [-0.25, -0.2) is 4.98 Å². The van der Waals surface area contributed by atoms with Crippen LogP contribution in [0.3, 0.4) is 0 Å². The van der Waals surface area contributed by atoms with E-state index in [0.717, 1.165) is 25.5 Å². The van der Waals surface area contributed by atoms with E-state index in [9.17, 15) is 5.11 Å². The first kappa shape index (κ1) is 20.5. The fourth-order valence-electron chi connectivity index (χ4n) is 2.86. The number of furan rings is 1. The molecule has 0 aromatic carbocycles. The second-order valence-electron chi connectivity index (χ2n) is 6.29. The largest absolute Gasteiger partial charge is 0.472 e. The molecule has 2 unspecified atom stereocenters. The van der Waals surface area contributed by atoms with Gasteiger partial charge in [0.2, 0.25) is 5.88 Å². The highest BCUT2D eigenvalue weighted by atomic mass is 127. The Balaban J connectivity index is 0.00000243. The molecule has 0 amide bonds. The minimum Gasteiger partial charge on any atom is -0.472 e. The summed E-state index contributed by atoms with van der Waals surface area (Å²) in [5, 5.41) is 13.8. The summed E-state index contributed by atoms with van der Waals surface area (Å²) in [5.41, 5.74) is -1.11. The number of aliphatic hydroxyl groups is 1. The van der Waals surface area contributed by atoms with Gasteiger partial charge < -0.3 is 24.5 Å². The highest BCUT2D eigenvalue weighted by molar-refractivity contribution is 14.0. The molecule has 0 spiro atoms. The number of ether oxygens (including phenoxy) is 1. The van der Waals surface area contributed by atoms with Crippen molar-refractivity contribution in [2.75, 3.05) is 26.7 Å². The molecule has 1 aliphatic rings. The molecule has 0 saturated carbocycles. The SMILES string of the molecule is CN=C(NCC(C)(O)c1ccco1)N1CCC(Oc2ccccn2)C1.I. The average Bonchev–Trinajstić information content (AvgIpc) is 3.29. The molecule has 26 heavy (non-hydrogen) atoms. The molecule has 3 heterocycles. The number of aliphatic imine (C=N–C) groups is 1. The summed E-state index contributed by atoms with van der Waals surface area (Å²) in [7, 11) is 1.73. The van der Waals surface area contributed by atoms with Crippen LogP contribution in [0.1, 0.15) is 19.1 Å². The summed E-state index contributed by atoms with van der Waals surface area (Å²) >= 11 is 0. The number of hydrogen-bond acceptors (Lipinski definition) is 5. The molecule has 0 radical (unpaired) electrons. The van der Waals surface area contributed by atoms with E-state index in [1.165, 1.54) is 0 Å². The maximum Gasteiger partial charge on any atom is 0.213 e. The van der Waals surface area contributed by atoms with Crippen LogP contribution >= 0.6 is 24.0 Å². The average molecular weight is 472 g/mol. The Labute approximate surface area is 170 Å². The Hall–Kier alpha value is -1.81. The fourth-order valence-corrected chi connectivity index (χ4v) is 2.86. The highest BCUT2D eigenvalue weighted by Gasteiger charge is 2.30. The third-order valence-electron chi connectivity index (χ3n) is 4.22. The summed E-state index contributed by atoms with van der Waals surface area (Å²) in [6, 6.07) is 9.16. The molecule has 1 fully saturated rings. The van der Waals surface area contributed by atoms with Crippen molar-refractivity contribution < 1.29 is 14.3 Å². The van der Waals surface area contributed by atoms with Crippen molar-refractivity contribution in [2.45, 2.75) is 25.0 Å². The number of likely N-dealkylation sites (tertiary alicyclic amines) is 1. The number of aromatic nitrogens is 1. The van der Waals surface area contributed by atoms with Crippen molar-refractivity contribution in [3.63, 3.8) is 0 Å². The lowest BCUT2D eigenvalue weighted by Gasteiger charge is -2.26. The first-order valence-corrected chi connectivity index (χ1v) is 8.38. The Morgan fingerprint density at radius 3 is 2.96 bits per heavy atom. The Kier molecular flexibility index (Phi) is 7.27. The third-order valence-corrected chi connectivity index (χ3v) is 4.22. The van der Waals surface area contributed by atoms with Crippen molar-refractivity contribution in [3.8, 4) is 5.88 Å². The molecular weight excluding hydrogens is 447 g/mol. The predicted molar refractivity (Wildman–Crippen MR) is 110 cm³/mol. The molecule has 1 aliphatic heterocycles. The van der Waals surface area contributed by atoms with Gasteiger partial charge in [-0.3, -0.25) is 4.99 Å². The van der Waals surface area contributed by atoms with Crippen molar-refractivity contribution >= 4 is 29.9 Å². The monoisotopic (exact) mass is 472 g/mol. The summed E-state index contributed by atoms with van der Waals surface area (Å²) in [5.74, 6) is 1.89.